The van der Waals surface area contributed by atoms with Crippen LogP contribution in [0.15, 0.2) is 23.2 Å². The summed E-state index contributed by atoms with van der Waals surface area (Å²) in [5.74, 6) is 1.59. The van der Waals surface area contributed by atoms with E-state index in [0.717, 1.165) is 22.4 Å². The van der Waals surface area contributed by atoms with E-state index in [4.69, 9.17) is 9.47 Å². The van der Waals surface area contributed by atoms with Crippen LogP contribution in [-0.2, 0) is 0 Å². The van der Waals surface area contributed by atoms with Gasteiger partial charge in [-0.05, 0) is 18.4 Å². The highest BCUT2D eigenvalue weighted by molar-refractivity contribution is 8.13. The van der Waals surface area contributed by atoms with E-state index in [9.17, 15) is 0 Å². The number of ether oxygens (including phenoxy) is 2. The van der Waals surface area contributed by atoms with Crippen LogP contribution in [0, 0.1) is 0 Å². The minimum atomic E-state index is 0.605. The Bertz CT molecular complexity index is 407. The summed E-state index contributed by atoms with van der Waals surface area (Å²) in [5.41, 5.74) is 0.958. The molecule has 1 aliphatic heterocycles. The van der Waals surface area contributed by atoms with Gasteiger partial charge in [-0.15, -0.1) is 0 Å². The van der Waals surface area contributed by atoms with Gasteiger partial charge in [0.05, 0.1) is 0 Å². The van der Waals surface area contributed by atoms with Gasteiger partial charge in [0.2, 0.25) is 0 Å². The fourth-order valence-electron chi connectivity index (χ4n) is 1.44. The molecule has 0 radical (unpaired) electrons. The second-order valence-electron chi connectivity index (χ2n) is 3.22. The Hall–Kier alpha value is -1.36. The van der Waals surface area contributed by atoms with Crippen molar-refractivity contribution in [2.24, 2.45) is 4.99 Å². The highest BCUT2D eigenvalue weighted by Crippen LogP contribution is 2.32. The first-order chi connectivity index (χ1) is 7.83. The third-order valence-electron chi connectivity index (χ3n) is 2.19. The van der Waals surface area contributed by atoms with Crippen molar-refractivity contribution in [3.63, 3.8) is 0 Å². The average molecular weight is 238 g/mol. The van der Waals surface area contributed by atoms with Crippen molar-refractivity contribution in [1.29, 1.82) is 0 Å². The molecule has 0 aliphatic carbocycles. The quantitative estimate of drug-likeness (QED) is 0.602. The van der Waals surface area contributed by atoms with Crippen LogP contribution in [0.1, 0.15) is 0 Å². The van der Waals surface area contributed by atoms with Crippen LogP contribution in [0.2, 0.25) is 0 Å². The fraction of sp³-hybridized carbons (Fsp3) is 0.364. The van der Waals surface area contributed by atoms with Gasteiger partial charge < -0.3 is 14.8 Å². The van der Waals surface area contributed by atoms with Gasteiger partial charge >= 0.3 is 0 Å². The van der Waals surface area contributed by atoms with Crippen molar-refractivity contribution < 1.29 is 9.47 Å². The van der Waals surface area contributed by atoms with Crippen LogP contribution in [0.5, 0.6) is 11.5 Å². The number of hydrogen-bond donors (Lipinski definition) is 1. The summed E-state index contributed by atoms with van der Waals surface area (Å²) >= 11 is 1.57. The summed E-state index contributed by atoms with van der Waals surface area (Å²) in [6, 6.07) is 5.79. The molecule has 2 rings (SSSR count). The standard InChI is InChI=1S/C11H14N2O2S/c1-12-11(16-2)13-8-3-4-9-10(7-8)15-6-5-14-9/h3-4,7H,5-6H2,1-2H3,(H,12,13). The van der Waals surface area contributed by atoms with Crippen molar-refractivity contribution in [3.8, 4) is 11.5 Å². The largest absolute Gasteiger partial charge is 0.486 e. The molecule has 16 heavy (non-hydrogen) atoms. The predicted octanol–water partition coefficient (Wildman–Crippen LogP) is 2.22. The van der Waals surface area contributed by atoms with Crippen LogP contribution in [0.3, 0.4) is 0 Å². The molecule has 1 aliphatic rings. The maximum atomic E-state index is 5.50. The summed E-state index contributed by atoms with van der Waals surface area (Å²) in [6.45, 7) is 1.22. The molecule has 0 unspecified atom stereocenters. The van der Waals surface area contributed by atoms with Crippen LogP contribution in [0.25, 0.3) is 0 Å². The Kier molecular flexibility index (Phi) is 3.56. The van der Waals surface area contributed by atoms with Crippen molar-refractivity contribution in [1.82, 2.24) is 0 Å². The maximum Gasteiger partial charge on any atom is 0.163 e. The molecule has 1 N–H and O–H groups in total. The van der Waals surface area contributed by atoms with Gasteiger partial charge in [0.1, 0.15) is 13.2 Å². The lowest BCUT2D eigenvalue weighted by atomic mass is 10.2. The SMILES string of the molecule is CN=C(Nc1ccc2c(c1)OCCO2)SC. The van der Waals surface area contributed by atoms with Gasteiger partial charge in [-0.25, -0.2) is 0 Å². The molecule has 0 aromatic heterocycles. The Labute approximate surface area is 99.0 Å². The second-order valence-corrected chi connectivity index (χ2v) is 4.01. The third-order valence-corrected chi connectivity index (χ3v) is 2.86. The molecule has 0 saturated carbocycles. The molecular weight excluding hydrogens is 224 g/mol. The van der Waals surface area contributed by atoms with Crippen LogP contribution in [-0.4, -0.2) is 31.7 Å². The van der Waals surface area contributed by atoms with Gasteiger partial charge in [0.15, 0.2) is 16.7 Å². The molecule has 1 heterocycles. The van der Waals surface area contributed by atoms with Crippen LogP contribution >= 0.6 is 11.8 Å². The predicted molar refractivity (Wildman–Crippen MR) is 67.9 cm³/mol. The van der Waals surface area contributed by atoms with Gasteiger partial charge in [0, 0.05) is 18.8 Å². The Morgan fingerprint density at radius 2 is 2.06 bits per heavy atom. The highest BCUT2D eigenvalue weighted by Gasteiger charge is 2.11. The first-order valence-corrected chi connectivity index (χ1v) is 6.23. The van der Waals surface area contributed by atoms with Crippen molar-refractivity contribution in [2.45, 2.75) is 0 Å². The first kappa shape index (κ1) is 11.1. The number of rotatable bonds is 1. The monoisotopic (exact) mass is 238 g/mol. The molecule has 0 amide bonds. The van der Waals surface area contributed by atoms with Crippen molar-refractivity contribution in [2.75, 3.05) is 31.8 Å². The number of benzene rings is 1. The zero-order chi connectivity index (χ0) is 11.4. The maximum absolute atomic E-state index is 5.50. The molecular formula is C11H14N2O2S. The zero-order valence-electron chi connectivity index (χ0n) is 9.32. The average Bonchev–Trinajstić information content (AvgIpc) is 2.35. The van der Waals surface area contributed by atoms with Gasteiger partial charge in [-0.1, -0.05) is 11.8 Å². The lowest BCUT2D eigenvalue weighted by Crippen LogP contribution is -2.15. The minimum absolute atomic E-state index is 0.605. The number of fused-ring (bicyclic) bond motifs is 1. The summed E-state index contributed by atoms with van der Waals surface area (Å²) in [6.07, 6.45) is 1.98. The molecule has 0 bridgehead atoms. The zero-order valence-corrected chi connectivity index (χ0v) is 10.1. The summed E-state index contributed by atoms with van der Waals surface area (Å²) in [4.78, 5) is 4.11. The summed E-state index contributed by atoms with van der Waals surface area (Å²) < 4.78 is 10.9. The van der Waals surface area contributed by atoms with Gasteiger partial charge in [-0.2, -0.15) is 0 Å². The number of amidine groups is 1. The number of nitrogens with zero attached hydrogens (tertiary/aromatic N) is 1. The fourth-order valence-corrected chi connectivity index (χ4v) is 1.85. The highest BCUT2D eigenvalue weighted by atomic mass is 32.2. The number of hydrogen-bond acceptors (Lipinski definition) is 4. The minimum Gasteiger partial charge on any atom is -0.486 e. The van der Waals surface area contributed by atoms with E-state index >= 15 is 0 Å². The summed E-state index contributed by atoms with van der Waals surface area (Å²) in [5, 5.41) is 4.08. The molecule has 0 saturated heterocycles. The van der Waals surface area contributed by atoms with Gasteiger partial charge in [-0.3, -0.25) is 4.99 Å². The molecule has 1 aromatic rings. The molecule has 0 spiro atoms. The Morgan fingerprint density at radius 3 is 2.75 bits per heavy atom. The number of aliphatic imine (C=N–C) groups is 1. The molecule has 0 fully saturated rings. The number of nitrogens with one attached hydrogen (secondary N) is 1. The van der Waals surface area contributed by atoms with E-state index in [1.54, 1.807) is 18.8 Å². The first-order valence-electron chi connectivity index (χ1n) is 5.01. The Balaban J connectivity index is 2.17. The molecule has 1 aromatic carbocycles. The number of thioether (sulfide) groups is 1. The van der Waals surface area contributed by atoms with Crippen molar-refractivity contribution >= 4 is 22.6 Å². The third kappa shape index (κ3) is 2.41. The smallest absolute Gasteiger partial charge is 0.163 e. The molecule has 4 nitrogen and oxygen atoms in total. The summed E-state index contributed by atoms with van der Waals surface area (Å²) in [7, 11) is 1.76. The van der Waals surface area contributed by atoms with Gasteiger partial charge in [0.25, 0.3) is 0 Å². The molecule has 0 atom stereocenters. The molecule has 86 valence electrons. The van der Waals surface area contributed by atoms with Crippen LogP contribution in [0.4, 0.5) is 5.69 Å². The lowest BCUT2D eigenvalue weighted by Gasteiger charge is -2.19. The number of anilines is 1. The van der Waals surface area contributed by atoms with Crippen LogP contribution < -0.4 is 14.8 Å². The lowest BCUT2D eigenvalue weighted by molar-refractivity contribution is 0.171. The van der Waals surface area contributed by atoms with E-state index in [1.165, 1.54) is 0 Å². The molecule has 5 heteroatoms. The van der Waals surface area contributed by atoms with E-state index < -0.39 is 0 Å². The Morgan fingerprint density at radius 1 is 1.31 bits per heavy atom. The van der Waals surface area contributed by atoms with E-state index in [2.05, 4.69) is 10.3 Å². The van der Waals surface area contributed by atoms with E-state index in [-0.39, 0.29) is 0 Å². The van der Waals surface area contributed by atoms with E-state index in [1.807, 2.05) is 24.5 Å². The second kappa shape index (κ2) is 5.12. The van der Waals surface area contributed by atoms with E-state index in [0.29, 0.717) is 13.2 Å². The normalized spacial score (nSPS) is 14.8. The van der Waals surface area contributed by atoms with Crippen molar-refractivity contribution in [3.05, 3.63) is 18.2 Å². The topological polar surface area (TPSA) is 42.9 Å².